The predicted octanol–water partition coefficient (Wildman–Crippen LogP) is 3.85. The third-order valence-electron chi connectivity index (χ3n) is 4.08. The maximum atomic E-state index is 14.2. The summed E-state index contributed by atoms with van der Waals surface area (Å²) in [6.45, 7) is 2.14. The highest BCUT2D eigenvalue weighted by Gasteiger charge is 2.13. The summed E-state index contributed by atoms with van der Waals surface area (Å²) in [5, 5.41) is 12.8. The van der Waals surface area contributed by atoms with Crippen molar-refractivity contribution in [1.82, 2.24) is 0 Å². The zero-order chi connectivity index (χ0) is 16.8. The number of hydrogen-bond acceptors (Lipinski definition) is 4. The molecule has 1 heterocycles. The summed E-state index contributed by atoms with van der Waals surface area (Å²) < 4.78 is 14.2. The van der Waals surface area contributed by atoms with Crippen LogP contribution in [0.3, 0.4) is 0 Å². The molecular formula is C19H18FN3O. The largest absolute Gasteiger partial charge is 0.391 e. The molecule has 5 heteroatoms. The van der Waals surface area contributed by atoms with Gasteiger partial charge in [-0.1, -0.05) is 23.4 Å². The Hall–Kier alpha value is -2.87. The Morgan fingerprint density at radius 3 is 2.75 bits per heavy atom. The van der Waals surface area contributed by atoms with Crippen LogP contribution in [-0.4, -0.2) is 19.3 Å². The lowest BCUT2D eigenvalue weighted by atomic mass is 10.1. The Morgan fingerprint density at radius 2 is 2.00 bits per heavy atom. The van der Waals surface area contributed by atoms with Crippen molar-refractivity contribution >= 4 is 11.9 Å². The second-order valence-corrected chi connectivity index (χ2v) is 5.68. The molecule has 3 rings (SSSR count). The Kier molecular flexibility index (Phi) is 5.07. The van der Waals surface area contributed by atoms with Crippen LogP contribution in [0.1, 0.15) is 29.5 Å². The molecule has 1 aliphatic rings. The third-order valence-corrected chi connectivity index (χ3v) is 4.08. The van der Waals surface area contributed by atoms with E-state index in [1.54, 1.807) is 24.3 Å². The third kappa shape index (κ3) is 3.72. The van der Waals surface area contributed by atoms with Gasteiger partial charge in [0.15, 0.2) is 0 Å². The van der Waals surface area contributed by atoms with E-state index in [0.29, 0.717) is 11.1 Å². The molecular weight excluding hydrogens is 305 g/mol. The number of hydrogen-bond donors (Lipinski definition) is 0. The molecule has 1 saturated heterocycles. The molecule has 1 fully saturated rings. The summed E-state index contributed by atoms with van der Waals surface area (Å²) in [4.78, 5) is 7.37. The fourth-order valence-corrected chi connectivity index (χ4v) is 2.75. The van der Waals surface area contributed by atoms with E-state index in [2.05, 4.69) is 16.1 Å². The molecule has 122 valence electrons. The molecule has 0 N–H and O–H groups in total. The Morgan fingerprint density at radius 1 is 1.21 bits per heavy atom. The van der Waals surface area contributed by atoms with Gasteiger partial charge in [-0.25, -0.2) is 4.39 Å². The zero-order valence-electron chi connectivity index (χ0n) is 13.3. The molecule has 0 unspecified atom stereocenters. The maximum Gasteiger partial charge on any atom is 0.143 e. The molecule has 0 bridgehead atoms. The van der Waals surface area contributed by atoms with Crippen molar-refractivity contribution in [2.45, 2.75) is 19.4 Å². The van der Waals surface area contributed by atoms with Crippen molar-refractivity contribution in [2.75, 3.05) is 18.0 Å². The van der Waals surface area contributed by atoms with Crippen LogP contribution < -0.4 is 4.90 Å². The average Bonchev–Trinajstić information content (AvgIpc) is 3.14. The van der Waals surface area contributed by atoms with Gasteiger partial charge < -0.3 is 9.74 Å². The van der Waals surface area contributed by atoms with Crippen LogP contribution in [0, 0.1) is 17.1 Å². The van der Waals surface area contributed by atoms with Crippen LogP contribution in [0.4, 0.5) is 10.1 Å². The van der Waals surface area contributed by atoms with Crippen molar-refractivity contribution in [3.63, 3.8) is 0 Å². The first-order valence-electron chi connectivity index (χ1n) is 7.96. The van der Waals surface area contributed by atoms with Crippen molar-refractivity contribution < 1.29 is 9.23 Å². The van der Waals surface area contributed by atoms with E-state index in [9.17, 15) is 4.39 Å². The monoisotopic (exact) mass is 323 g/mol. The molecule has 0 spiro atoms. The molecule has 0 aliphatic carbocycles. The number of nitrogens with zero attached hydrogens (tertiary/aromatic N) is 3. The maximum absolute atomic E-state index is 14.2. The minimum Gasteiger partial charge on any atom is -0.391 e. The number of halogens is 1. The molecule has 0 atom stereocenters. The summed E-state index contributed by atoms with van der Waals surface area (Å²) >= 11 is 0. The van der Waals surface area contributed by atoms with Gasteiger partial charge in [0.2, 0.25) is 0 Å². The van der Waals surface area contributed by atoms with Crippen LogP contribution in [-0.2, 0) is 11.4 Å². The lowest BCUT2D eigenvalue weighted by Gasteiger charge is -2.17. The molecule has 0 amide bonds. The molecule has 2 aromatic carbocycles. The van der Waals surface area contributed by atoms with Gasteiger partial charge in [-0.2, -0.15) is 5.26 Å². The minimum absolute atomic E-state index is 0.174. The lowest BCUT2D eigenvalue weighted by Crippen LogP contribution is -2.17. The van der Waals surface area contributed by atoms with E-state index < -0.39 is 0 Å². The highest BCUT2D eigenvalue weighted by Crippen LogP contribution is 2.22. The molecule has 0 aromatic heterocycles. The molecule has 24 heavy (non-hydrogen) atoms. The average molecular weight is 323 g/mol. The highest BCUT2D eigenvalue weighted by molar-refractivity contribution is 5.80. The molecule has 0 radical (unpaired) electrons. The number of oxime groups is 1. The van der Waals surface area contributed by atoms with E-state index in [4.69, 9.17) is 10.1 Å². The normalized spacial score (nSPS) is 14.1. The fraction of sp³-hybridized carbons (Fsp3) is 0.263. The molecule has 2 aromatic rings. The molecule has 1 aliphatic heterocycles. The summed E-state index contributed by atoms with van der Waals surface area (Å²) in [6, 6.07) is 14.4. The smallest absolute Gasteiger partial charge is 0.143 e. The second kappa shape index (κ2) is 7.60. The molecule has 0 saturated carbocycles. The van der Waals surface area contributed by atoms with E-state index >= 15 is 0 Å². The quantitative estimate of drug-likeness (QED) is 0.620. The van der Waals surface area contributed by atoms with Gasteiger partial charge in [-0.05, 0) is 37.1 Å². The van der Waals surface area contributed by atoms with E-state index in [1.807, 2.05) is 12.1 Å². The van der Waals surface area contributed by atoms with E-state index in [0.717, 1.165) is 37.2 Å². The van der Waals surface area contributed by atoms with Crippen LogP contribution in [0.25, 0.3) is 0 Å². The van der Waals surface area contributed by atoms with Gasteiger partial charge in [0.05, 0.1) is 17.8 Å². The number of anilines is 1. The van der Waals surface area contributed by atoms with Crippen LogP contribution >= 0.6 is 0 Å². The zero-order valence-corrected chi connectivity index (χ0v) is 13.3. The van der Waals surface area contributed by atoms with Gasteiger partial charge in [-0.15, -0.1) is 0 Å². The van der Waals surface area contributed by atoms with Crippen molar-refractivity contribution in [3.05, 3.63) is 65.0 Å². The fourth-order valence-electron chi connectivity index (χ4n) is 2.75. The van der Waals surface area contributed by atoms with Crippen LogP contribution in [0.2, 0.25) is 0 Å². The second-order valence-electron chi connectivity index (χ2n) is 5.68. The first-order valence-corrected chi connectivity index (χ1v) is 7.96. The summed E-state index contributed by atoms with van der Waals surface area (Å²) in [5.74, 6) is -0.316. The Bertz CT molecular complexity index is 776. The predicted molar refractivity (Wildman–Crippen MR) is 91.4 cm³/mol. The van der Waals surface area contributed by atoms with E-state index in [-0.39, 0.29) is 12.4 Å². The van der Waals surface area contributed by atoms with Crippen molar-refractivity contribution in [2.24, 2.45) is 5.16 Å². The standard InChI is InChI=1S/C19H18FN3O/c20-19-11-18(23-9-3-4-10-23)8-7-16(19)13-22-24-14-17-6-2-1-5-15(17)12-21/h1-2,5-8,11,13H,3-4,9-10,14H2/b22-13-. The van der Waals surface area contributed by atoms with Gasteiger partial charge in [-0.3, -0.25) is 0 Å². The Balaban J connectivity index is 1.61. The van der Waals surface area contributed by atoms with Crippen molar-refractivity contribution in [3.8, 4) is 6.07 Å². The lowest BCUT2D eigenvalue weighted by molar-refractivity contribution is 0.132. The summed E-state index contributed by atoms with van der Waals surface area (Å²) in [7, 11) is 0. The molecule has 4 nitrogen and oxygen atoms in total. The van der Waals surface area contributed by atoms with Gasteiger partial charge in [0, 0.05) is 29.9 Å². The van der Waals surface area contributed by atoms with Gasteiger partial charge >= 0.3 is 0 Å². The van der Waals surface area contributed by atoms with Crippen LogP contribution in [0.5, 0.6) is 0 Å². The number of benzene rings is 2. The topological polar surface area (TPSA) is 48.6 Å². The van der Waals surface area contributed by atoms with Crippen LogP contribution in [0.15, 0.2) is 47.6 Å². The summed E-state index contributed by atoms with van der Waals surface area (Å²) in [5.41, 5.74) is 2.59. The summed E-state index contributed by atoms with van der Waals surface area (Å²) in [6.07, 6.45) is 3.67. The Labute approximate surface area is 140 Å². The first-order chi connectivity index (χ1) is 11.8. The van der Waals surface area contributed by atoms with Crippen molar-refractivity contribution in [1.29, 1.82) is 5.26 Å². The SMILES string of the molecule is N#Cc1ccccc1CO/N=C\c1ccc(N2CCCC2)cc1F. The first kappa shape index (κ1) is 16.0. The highest BCUT2D eigenvalue weighted by atomic mass is 19.1. The van der Waals surface area contributed by atoms with Gasteiger partial charge in [0.1, 0.15) is 12.4 Å². The number of nitriles is 1. The van der Waals surface area contributed by atoms with Gasteiger partial charge in [0.25, 0.3) is 0 Å². The number of rotatable bonds is 5. The minimum atomic E-state index is -0.316. The van der Waals surface area contributed by atoms with E-state index in [1.165, 1.54) is 12.3 Å².